The Labute approximate surface area is 108 Å². The smallest absolute Gasteiger partial charge is 0.340 e. The van der Waals surface area contributed by atoms with Crippen LogP contribution < -0.4 is 11.1 Å². The van der Waals surface area contributed by atoms with Crippen LogP contribution in [0.15, 0.2) is 18.2 Å². The van der Waals surface area contributed by atoms with Gasteiger partial charge in [0, 0.05) is 6.54 Å². The second-order valence-electron chi connectivity index (χ2n) is 4.67. The molecule has 3 N–H and O–H groups in total. The average Bonchev–Trinajstić information content (AvgIpc) is 2.29. The Morgan fingerprint density at radius 3 is 2.89 bits per heavy atom. The highest BCUT2D eigenvalue weighted by atomic mass is 16.5. The summed E-state index contributed by atoms with van der Waals surface area (Å²) in [7, 11) is 0. The van der Waals surface area contributed by atoms with Crippen LogP contribution in [0.4, 0.5) is 11.4 Å². The number of para-hydroxylation sites is 1. The lowest BCUT2D eigenvalue weighted by molar-refractivity contribution is 0.0527. The summed E-state index contributed by atoms with van der Waals surface area (Å²) < 4.78 is 5.04. The highest BCUT2D eigenvalue weighted by Gasteiger charge is 2.19. The number of nitrogens with two attached hydrogens (primary N) is 1. The number of nitrogens with one attached hydrogen (secondary N) is 1. The lowest BCUT2D eigenvalue weighted by Crippen LogP contribution is -2.22. The van der Waals surface area contributed by atoms with Crippen molar-refractivity contribution < 1.29 is 9.53 Å². The van der Waals surface area contributed by atoms with E-state index in [1.807, 2.05) is 0 Å². The monoisotopic (exact) mass is 248 g/mol. The van der Waals surface area contributed by atoms with Crippen molar-refractivity contribution in [3.05, 3.63) is 23.8 Å². The summed E-state index contributed by atoms with van der Waals surface area (Å²) in [6, 6.07) is 5.32. The third-order valence-electron chi connectivity index (χ3n) is 3.38. The standard InChI is InChI=1S/C14H20N2O2/c1-2-18-14(17)11-7-4-8-12(15)13(11)16-9-10-5-3-6-10/h4,7-8,10,16H,2-3,5-6,9,15H2,1H3. The van der Waals surface area contributed by atoms with Gasteiger partial charge < -0.3 is 15.8 Å². The van der Waals surface area contributed by atoms with Crippen molar-refractivity contribution in [2.24, 2.45) is 5.92 Å². The molecule has 0 aromatic heterocycles. The maximum Gasteiger partial charge on any atom is 0.340 e. The zero-order chi connectivity index (χ0) is 13.0. The molecule has 0 spiro atoms. The van der Waals surface area contributed by atoms with E-state index in [0.29, 0.717) is 29.5 Å². The van der Waals surface area contributed by atoms with Gasteiger partial charge in [-0.3, -0.25) is 0 Å². The molecule has 4 nitrogen and oxygen atoms in total. The molecule has 1 aromatic carbocycles. The van der Waals surface area contributed by atoms with Gasteiger partial charge in [-0.15, -0.1) is 0 Å². The lowest BCUT2D eigenvalue weighted by atomic mass is 9.85. The van der Waals surface area contributed by atoms with Gasteiger partial charge in [-0.05, 0) is 37.8 Å². The van der Waals surface area contributed by atoms with Gasteiger partial charge in [0.05, 0.1) is 23.5 Å². The first-order chi connectivity index (χ1) is 8.72. The fraction of sp³-hybridized carbons (Fsp3) is 0.500. The number of esters is 1. The van der Waals surface area contributed by atoms with Crippen LogP contribution in [0.5, 0.6) is 0 Å². The van der Waals surface area contributed by atoms with Gasteiger partial charge in [0.15, 0.2) is 0 Å². The van der Waals surface area contributed by atoms with Crippen molar-refractivity contribution in [1.29, 1.82) is 0 Å². The molecule has 4 heteroatoms. The van der Waals surface area contributed by atoms with E-state index in [0.717, 1.165) is 6.54 Å². The van der Waals surface area contributed by atoms with Crippen LogP contribution in [0, 0.1) is 5.92 Å². The molecular weight excluding hydrogens is 228 g/mol. The Balaban J connectivity index is 2.12. The molecule has 98 valence electrons. The summed E-state index contributed by atoms with van der Waals surface area (Å²) in [6.45, 7) is 3.04. The number of ether oxygens (including phenoxy) is 1. The van der Waals surface area contributed by atoms with Crippen molar-refractivity contribution in [2.45, 2.75) is 26.2 Å². The minimum Gasteiger partial charge on any atom is -0.462 e. The van der Waals surface area contributed by atoms with E-state index in [4.69, 9.17) is 10.5 Å². The fourth-order valence-electron chi connectivity index (χ4n) is 2.09. The van der Waals surface area contributed by atoms with E-state index in [2.05, 4.69) is 5.32 Å². The minimum absolute atomic E-state index is 0.319. The van der Waals surface area contributed by atoms with Gasteiger partial charge >= 0.3 is 5.97 Å². The topological polar surface area (TPSA) is 64.3 Å². The number of hydrogen-bond donors (Lipinski definition) is 2. The summed E-state index contributed by atoms with van der Waals surface area (Å²) in [4.78, 5) is 11.8. The van der Waals surface area contributed by atoms with Gasteiger partial charge in [-0.25, -0.2) is 4.79 Å². The van der Waals surface area contributed by atoms with Crippen LogP contribution in [-0.4, -0.2) is 19.1 Å². The maximum atomic E-state index is 11.8. The second kappa shape index (κ2) is 5.76. The van der Waals surface area contributed by atoms with Gasteiger partial charge in [0.25, 0.3) is 0 Å². The van der Waals surface area contributed by atoms with E-state index in [1.54, 1.807) is 25.1 Å². The molecular formula is C14H20N2O2. The van der Waals surface area contributed by atoms with E-state index in [-0.39, 0.29) is 5.97 Å². The molecule has 18 heavy (non-hydrogen) atoms. The average molecular weight is 248 g/mol. The summed E-state index contributed by atoms with van der Waals surface area (Å²) >= 11 is 0. The minimum atomic E-state index is -0.319. The first kappa shape index (κ1) is 12.7. The molecule has 1 aromatic rings. The molecule has 0 amide bonds. The predicted octanol–water partition coefficient (Wildman–Crippen LogP) is 2.66. The highest BCUT2D eigenvalue weighted by molar-refractivity contribution is 5.98. The summed E-state index contributed by atoms with van der Waals surface area (Å²) in [5.74, 6) is 0.389. The number of rotatable bonds is 5. The van der Waals surface area contributed by atoms with Crippen molar-refractivity contribution in [3.8, 4) is 0 Å². The van der Waals surface area contributed by atoms with Gasteiger partial charge in [-0.2, -0.15) is 0 Å². The number of carbonyl (C=O) groups excluding carboxylic acids is 1. The molecule has 1 aliphatic rings. The Kier molecular flexibility index (Phi) is 4.07. The molecule has 0 atom stereocenters. The van der Waals surface area contributed by atoms with Crippen molar-refractivity contribution in [3.63, 3.8) is 0 Å². The summed E-state index contributed by atoms with van der Waals surface area (Å²) in [5.41, 5.74) is 7.76. The van der Waals surface area contributed by atoms with E-state index >= 15 is 0 Å². The van der Waals surface area contributed by atoms with E-state index in [9.17, 15) is 4.79 Å². The Bertz CT molecular complexity index is 428. The highest BCUT2D eigenvalue weighted by Crippen LogP contribution is 2.29. The van der Waals surface area contributed by atoms with Crippen LogP contribution in [0.3, 0.4) is 0 Å². The van der Waals surface area contributed by atoms with Gasteiger partial charge in [-0.1, -0.05) is 12.5 Å². The molecule has 1 aliphatic carbocycles. The van der Waals surface area contributed by atoms with Gasteiger partial charge in [0.2, 0.25) is 0 Å². The number of carbonyl (C=O) groups is 1. The second-order valence-corrected chi connectivity index (χ2v) is 4.67. The molecule has 0 heterocycles. The molecule has 0 bridgehead atoms. The SMILES string of the molecule is CCOC(=O)c1cccc(N)c1NCC1CCC1. The van der Waals surface area contributed by atoms with Crippen LogP contribution >= 0.6 is 0 Å². The normalized spacial score (nSPS) is 14.9. The van der Waals surface area contributed by atoms with Gasteiger partial charge in [0.1, 0.15) is 0 Å². The van der Waals surface area contributed by atoms with E-state index < -0.39 is 0 Å². The van der Waals surface area contributed by atoms with Crippen LogP contribution in [-0.2, 0) is 4.74 Å². The first-order valence-electron chi connectivity index (χ1n) is 6.52. The number of hydrogen-bond acceptors (Lipinski definition) is 4. The third kappa shape index (κ3) is 2.75. The summed E-state index contributed by atoms with van der Waals surface area (Å²) in [5, 5.41) is 3.30. The zero-order valence-electron chi connectivity index (χ0n) is 10.7. The van der Waals surface area contributed by atoms with Crippen molar-refractivity contribution in [1.82, 2.24) is 0 Å². The quantitative estimate of drug-likeness (QED) is 0.621. The summed E-state index contributed by atoms with van der Waals surface area (Å²) in [6.07, 6.45) is 3.82. The molecule has 2 rings (SSSR count). The lowest BCUT2D eigenvalue weighted by Gasteiger charge is -2.26. The van der Waals surface area contributed by atoms with Crippen LogP contribution in [0.25, 0.3) is 0 Å². The third-order valence-corrected chi connectivity index (χ3v) is 3.38. The molecule has 0 unspecified atom stereocenters. The molecule has 1 fully saturated rings. The zero-order valence-corrected chi connectivity index (χ0v) is 10.7. The number of nitrogen functional groups attached to an aromatic ring is 1. The molecule has 1 saturated carbocycles. The number of anilines is 2. The Morgan fingerprint density at radius 2 is 2.28 bits per heavy atom. The molecule has 0 saturated heterocycles. The Hall–Kier alpha value is -1.71. The number of benzene rings is 1. The Morgan fingerprint density at radius 1 is 1.50 bits per heavy atom. The molecule has 0 radical (unpaired) electrons. The van der Waals surface area contributed by atoms with E-state index in [1.165, 1.54) is 19.3 Å². The van der Waals surface area contributed by atoms with Crippen molar-refractivity contribution in [2.75, 3.05) is 24.2 Å². The largest absolute Gasteiger partial charge is 0.462 e. The van der Waals surface area contributed by atoms with Crippen LogP contribution in [0.1, 0.15) is 36.5 Å². The predicted molar refractivity (Wildman–Crippen MR) is 72.6 cm³/mol. The molecule has 0 aliphatic heterocycles. The maximum absolute atomic E-state index is 11.8. The van der Waals surface area contributed by atoms with Crippen LogP contribution in [0.2, 0.25) is 0 Å². The van der Waals surface area contributed by atoms with Crippen molar-refractivity contribution >= 4 is 17.3 Å². The fourth-order valence-corrected chi connectivity index (χ4v) is 2.09. The first-order valence-corrected chi connectivity index (χ1v) is 6.52.